The van der Waals surface area contributed by atoms with Gasteiger partial charge in [-0.1, -0.05) is 13.0 Å². The molecular weight excluding hydrogens is 378 g/mol. The van der Waals surface area contributed by atoms with E-state index in [2.05, 4.69) is 27.8 Å². The Morgan fingerprint density at radius 3 is 3.00 bits per heavy atom. The summed E-state index contributed by atoms with van der Waals surface area (Å²) in [6.07, 6.45) is 5.36. The summed E-state index contributed by atoms with van der Waals surface area (Å²) in [5.74, 6) is 0.724. The second-order valence-electron chi connectivity index (χ2n) is 7.94. The molecule has 0 saturated heterocycles. The molecule has 3 N–H and O–H groups in total. The van der Waals surface area contributed by atoms with Gasteiger partial charge in [-0.2, -0.15) is 5.10 Å². The number of ether oxygens (including phenoxy) is 1. The Hall–Kier alpha value is -2.39. The first-order chi connectivity index (χ1) is 13.3. The number of hydrogen-bond donors (Lipinski definition) is 2. The summed E-state index contributed by atoms with van der Waals surface area (Å²) in [4.78, 5) is 12.8. The summed E-state index contributed by atoms with van der Waals surface area (Å²) in [5, 5.41) is 13.0. The molecule has 3 aliphatic rings. The van der Waals surface area contributed by atoms with Crippen LogP contribution >= 0.6 is 0 Å². The van der Waals surface area contributed by atoms with E-state index in [9.17, 15) is 9.00 Å². The van der Waals surface area contributed by atoms with Gasteiger partial charge >= 0.3 is 6.03 Å². The Bertz CT molecular complexity index is 1130. The number of carbonyl (C=O) groups is 1. The van der Waals surface area contributed by atoms with Crippen LogP contribution in [-0.4, -0.2) is 26.1 Å². The van der Waals surface area contributed by atoms with Gasteiger partial charge in [-0.25, -0.2) is 18.8 Å². The molecule has 2 aliphatic carbocycles. The second-order valence-corrected chi connectivity index (χ2v) is 9.70. The summed E-state index contributed by atoms with van der Waals surface area (Å²) < 4.78 is 24.0. The Kier molecular flexibility index (Phi) is 3.82. The lowest BCUT2D eigenvalue weighted by atomic mass is 9.75. The van der Waals surface area contributed by atoms with E-state index < -0.39 is 15.9 Å². The van der Waals surface area contributed by atoms with Crippen LogP contribution in [0.25, 0.3) is 0 Å². The lowest BCUT2D eigenvalue weighted by Gasteiger charge is -2.31. The summed E-state index contributed by atoms with van der Waals surface area (Å²) in [5.41, 5.74) is 5.79. The van der Waals surface area contributed by atoms with Crippen LogP contribution in [0.1, 0.15) is 48.4 Å². The number of carbonyl (C=O) groups excluding carboxylic acids is 1. The van der Waals surface area contributed by atoms with Gasteiger partial charge in [0.25, 0.3) is 0 Å². The van der Waals surface area contributed by atoms with Crippen LogP contribution in [0.4, 0.5) is 10.5 Å². The molecule has 1 aliphatic heterocycles. The monoisotopic (exact) mass is 401 g/mol. The lowest BCUT2D eigenvalue weighted by molar-refractivity contribution is 0.248. The zero-order valence-electron chi connectivity index (χ0n) is 15.9. The summed E-state index contributed by atoms with van der Waals surface area (Å²) >= 11 is 0. The van der Waals surface area contributed by atoms with Gasteiger partial charge in [-0.05, 0) is 60.8 Å². The van der Waals surface area contributed by atoms with Gasteiger partial charge in [0.05, 0.1) is 12.7 Å². The first-order valence-corrected chi connectivity index (χ1v) is 11.2. The third kappa shape index (κ3) is 2.64. The Morgan fingerprint density at radius 2 is 2.21 bits per heavy atom. The molecule has 2 amide bonds. The number of amides is 2. The molecule has 0 unspecified atom stereocenters. The van der Waals surface area contributed by atoms with E-state index in [1.807, 2.05) is 6.92 Å². The summed E-state index contributed by atoms with van der Waals surface area (Å²) in [6.45, 7) is 4.59. The molecule has 0 fully saturated rings. The first kappa shape index (κ1) is 17.7. The van der Waals surface area contributed by atoms with Crippen molar-refractivity contribution in [3.8, 4) is 5.88 Å². The lowest BCUT2D eigenvalue weighted by Crippen LogP contribution is -2.23. The molecule has 5 rings (SSSR count). The predicted octanol–water partition coefficient (Wildman–Crippen LogP) is 2.75. The minimum Gasteiger partial charge on any atom is -0.472 e. The highest BCUT2D eigenvalue weighted by Gasteiger charge is 2.32. The van der Waals surface area contributed by atoms with Crippen molar-refractivity contribution < 1.29 is 13.7 Å². The van der Waals surface area contributed by atoms with Crippen molar-refractivity contribution in [3.63, 3.8) is 0 Å². The van der Waals surface area contributed by atoms with Crippen molar-refractivity contribution in [2.45, 2.75) is 63.0 Å². The van der Waals surface area contributed by atoms with E-state index in [1.54, 1.807) is 4.68 Å². The number of fused-ring (bicyclic) bond motifs is 3. The van der Waals surface area contributed by atoms with Crippen LogP contribution in [0, 0.1) is 0 Å². The van der Waals surface area contributed by atoms with Gasteiger partial charge < -0.3 is 10.1 Å². The highest BCUT2D eigenvalue weighted by atomic mass is 32.2. The largest absolute Gasteiger partial charge is 0.472 e. The average molecular weight is 401 g/mol. The Labute approximate surface area is 163 Å². The van der Waals surface area contributed by atoms with E-state index in [0.717, 1.165) is 31.4 Å². The predicted molar refractivity (Wildman–Crippen MR) is 105 cm³/mol. The topological polar surface area (TPSA) is 112 Å². The maximum Gasteiger partial charge on any atom is 0.354 e. The number of nitrogens with zero attached hydrogens (tertiary/aromatic N) is 3. The van der Waals surface area contributed by atoms with Gasteiger partial charge in [0, 0.05) is 5.69 Å². The fourth-order valence-corrected chi connectivity index (χ4v) is 5.57. The molecule has 1 aromatic carbocycles. The van der Waals surface area contributed by atoms with Crippen LogP contribution in [0.5, 0.6) is 5.88 Å². The second kappa shape index (κ2) is 6.05. The third-order valence-electron chi connectivity index (χ3n) is 5.81. The standard InChI is InChI=1S/C19H23N5O3S/c1-10-6-13-7-12-4-3-5-14(12)17(16(10)13)22-19(25)23-28(20,26)15-8-21-24-9-11(2)27-18(15)24/h7-8,10-11H,3-6,9H2,1-2H3,(H3,20,22,23,25,26)/t10-,11+,28+/m0/s1. The molecule has 0 saturated carbocycles. The van der Waals surface area contributed by atoms with Crippen molar-refractivity contribution in [1.82, 2.24) is 9.78 Å². The van der Waals surface area contributed by atoms with Crippen molar-refractivity contribution in [3.05, 3.63) is 34.5 Å². The van der Waals surface area contributed by atoms with Gasteiger partial charge in [0.1, 0.15) is 11.0 Å². The molecule has 148 valence electrons. The molecule has 8 nitrogen and oxygen atoms in total. The number of urea groups is 1. The number of aromatic nitrogens is 2. The zero-order chi connectivity index (χ0) is 19.6. The Morgan fingerprint density at radius 1 is 1.39 bits per heavy atom. The normalized spacial score (nSPS) is 23.7. The number of benzene rings is 1. The number of rotatable bonds is 2. The highest BCUT2D eigenvalue weighted by molar-refractivity contribution is 7.91. The molecule has 0 spiro atoms. The van der Waals surface area contributed by atoms with Crippen LogP contribution in [0.2, 0.25) is 0 Å². The minimum atomic E-state index is -3.46. The first-order valence-electron chi connectivity index (χ1n) is 9.59. The molecule has 9 heteroatoms. The fourth-order valence-electron chi connectivity index (χ4n) is 4.58. The van der Waals surface area contributed by atoms with Crippen molar-refractivity contribution in [2.75, 3.05) is 5.32 Å². The third-order valence-corrected chi connectivity index (χ3v) is 7.16. The maximum atomic E-state index is 13.0. The van der Waals surface area contributed by atoms with Crippen molar-refractivity contribution in [1.29, 1.82) is 0 Å². The molecular formula is C19H23N5O3S. The molecule has 3 atom stereocenters. The molecule has 0 bridgehead atoms. The molecule has 0 radical (unpaired) electrons. The number of nitrogens with two attached hydrogens (primary N) is 1. The van der Waals surface area contributed by atoms with E-state index in [0.29, 0.717) is 18.3 Å². The van der Waals surface area contributed by atoms with Crippen molar-refractivity contribution >= 4 is 21.6 Å². The SMILES string of the molecule is C[C@@H]1Cn2ncc([S@](N)(=O)=NC(=O)Nc3c4c(cc5c3[C@@H](C)C5)CCC4)c2O1. The van der Waals surface area contributed by atoms with Gasteiger partial charge in [0.2, 0.25) is 5.88 Å². The molecule has 2 heterocycles. The number of anilines is 1. The van der Waals surface area contributed by atoms with E-state index in [1.165, 1.54) is 28.5 Å². The minimum absolute atomic E-state index is 0.0845. The van der Waals surface area contributed by atoms with Crippen LogP contribution in [-0.2, 0) is 35.7 Å². The Balaban J connectivity index is 1.49. The number of aryl methyl sites for hydroxylation is 1. The average Bonchev–Trinajstić information content (AvgIpc) is 3.27. The van der Waals surface area contributed by atoms with Crippen LogP contribution in [0.3, 0.4) is 0 Å². The molecule has 2 aromatic rings. The van der Waals surface area contributed by atoms with E-state index >= 15 is 0 Å². The van der Waals surface area contributed by atoms with Crippen LogP contribution < -0.4 is 15.2 Å². The molecule has 28 heavy (non-hydrogen) atoms. The summed E-state index contributed by atoms with van der Waals surface area (Å²) in [7, 11) is -3.46. The zero-order valence-corrected chi connectivity index (χ0v) is 16.7. The molecule has 1 aromatic heterocycles. The van der Waals surface area contributed by atoms with E-state index in [-0.39, 0.29) is 11.0 Å². The summed E-state index contributed by atoms with van der Waals surface area (Å²) in [6, 6.07) is 1.57. The smallest absolute Gasteiger partial charge is 0.354 e. The van der Waals surface area contributed by atoms with Crippen molar-refractivity contribution in [2.24, 2.45) is 9.50 Å². The number of hydrogen-bond acceptors (Lipinski definition) is 4. The fraction of sp³-hybridized carbons (Fsp3) is 0.474. The van der Waals surface area contributed by atoms with Crippen LogP contribution in [0.15, 0.2) is 21.5 Å². The quantitative estimate of drug-likeness (QED) is 0.806. The van der Waals surface area contributed by atoms with Gasteiger partial charge in [-0.15, -0.1) is 4.36 Å². The van der Waals surface area contributed by atoms with Gasteiger partial charge in [0.15, 0.2) is 9.92 Å². The maximum absolute atomic E-state index is 13.0. The van der Waals surface area contributed by atoms with Gasteiger partial charge in [-0.3, -0.25) is 0 Å². The van der Waals surface area contributed by atoms with E-state index in [4.69, 9.17) is 9.88 Å². The highest BCUT2D eigenvalue weighted by Crippen LogP contribution is 2.45. The number of nitrogens with one attached hydrogen (secondary N) is 1.